The third-order valence-corrected chi connectivity index (χ3v) is 9.09. The molecule has 0 spiro atoms. The first-order chi connectivity index (χ1) is 12.8. The molecule has 0 aromatic carbocycles. The topological polar surface area (TPSA) is 9.23 Å². The highest BCUT2D eigenvalue weighted by Crippen LogP contribution is 2.59. The maximum Gasteiger partial charge on any atom is 0.460 e. The van der Waals surface area contributed by atoms with Crippen LogP contribution in [0.4, 0.5) is 52.7 Å². The number of hydrogen-bond donors (Lipinski definition) is 0. The molecule has 0 radical (unpaired) electrons. The minimum absolute atomic E-state index is 0.214. The van der Waals surface area contributed by atoms with Crippen LogP contribution >= 0.6 is 0 Å². The lowest BCUT2D eigenvalue weighted by atomic mass is 9.96. The van der Waals surface area contributed by atoms with E-state index in [0.29, 0.717) is 0 Å². The van der Waals surface area contributed by atoms with Crippen LogP contribution in [0.2, 0.25) is 18.1 Å². The Morgan fingerprint density at radius 3 is 1.43 bits per heavy atom. The van der Waals surface area contributed by atoms with Gasteiger partial charge in [0.25, 0.3) is 0 Å². The normalized spacial score (nSPS) is 16.5. The predicted molar refractivity (Wildman–Crippen MR) is 87.2 cm³/mol. The van der Waals surface area contributed by atoms with Gasteiger partial charge in [-0.2, -0.15) is 48.3 Å². The Bertz CT molecular complexity index is 644. The van der Waals surface area contributed by atoms with Gasteiger partial charge in [-0.05, 0) is 24.6 Å². The zero-order chi connectivity index (χ0) is 24.8. The molecule has 0 saturated carbocycles. The molecule has 0 aliphatic rings. The highest BCUT2D eigenvalue weighted by molar-refractivity contribution is 6.74. The molecule has 0 fully saturated rings. The summed E-state index contributed by atoms with van der Waals surface area (Å²) in [4.78, 5) is 0. The number of hydrogen-bond acceptors (Lipinski definition) is 1. The van der Waals surface area contributed by atoms with Crippen molar-refractivity contribution in [2.24, 2.45) is 0 Å². The molecule has 1 nitrogen and oxygen atoms in total. The van der Waals surface area contributed by atoms with Gasteiger partial charge in [-0.3, -0.25) is 0 Å². The average molecular weight is 486 g/mol. The third kappa shape index (κ3) is 4.72. The molecule has 30 heavy (non-hydrogen) atoms. The molecule has 0 bridgehead atoms. The smallest absolute Gasteiger partial charge is 0.460 e. The van der Waals surface area contributed by atoms with Crippen LogP contribution in [0.5, 0.6) is 0 Å². The van der Waals surface area contributed by atoms with E-state index in [9.17, 15) is 52.7 Å². The fourth-order valence-electron chi connectivity index (χ4n) is 1.78. The van der Waals surface area contributed by atoms with E-state index in [4.69, 9.17) is 4.43 Å². The summed E-state index contributed by atoms with van der Waals surface area (Å²) in [6.07, 6.45) is -8.33. The second-order valence-corrected chi connectivity index (χ2v) is 12.9. The largest absolute Gasteiger partial charge is 0.544 e. The highest BCUT2D eigenvalue weighted by atomic mass is 28.4. The summed E-state index contributed by atoms with van der Waals surface area (Å²) >= 11 is 0. The summed E-state index contributed by atoms with van der Waals surface area (Å²) < 4.78 is 164. The Labute approximate surface area is 166 Å². The molecule has 0 N–H and O–H groups in total. The Morgan fingerprint density at radius 2 is 1.13 bits per heavy atom. The standard InChI is InChI=1S/C16H22F12OSi/c1-7-8-9(29-30(5,6)11(2,3)4)10(17)12(18,19)13(20,21)14(22,23)15(24,25)16(26,27)28/h7-8H2,1-6H3/b10-9-. The van der Waals surface area contributed by atoms with E-state index in [1.807, 2.05) is 0 Å². The van der Waals surface area contributed by atoms with Gasteiger partial charge in [-0.15, -0.1) is 0 Å². The molecule has 0 amide bonds. The van der Waals surface area contributed by atoms with Gasteiger partial charge in [-0.1, -0.05) is 27.7 Å². The van der Waals surface area contributed by atoms with Crippen LogP contribution in [0.3, 0.4) is 0 Å². The fourth-order valence-corrected chi connectivity index (χ4v) is 2.89. The quantitative estimate of drug-likeness (QED) is 0.191. The van der Waals surface area contributed by atoms with Crippen molar-refractivity contribution < 1.29 is 57.1 Å². The summed E-state index contributed by atoms with van der Waals surface area (Å²) in [5.74, 6) is -34.2. The summed E-state index contributed by atoms with van der Waals surface area (Å²) in [6.45, 7) is 8.57. The first-order valence-corrected chi connectivity index (χ1v) is 11.4. The maximum absolute atomic E-state index is 14.3. The molecule has 0 rings (SSSR count). The van der Waals surface area contributed by atoms with Gasteiger partial charge in [-0.25, -0.2) is 4.39 Å². The number of alkyl halides is 11. The number of halogens is 12. The molecule has 0 unspecified atom stereocenters. The van der Waals surface area contributed by atoms with Crippen LogP contribution in [-0.2, 0) is 4.43 Å². The average Bonchev–Trinajstić information content (AvgIpc) is 2.50. The van der Waals surface area contributed by atoms with Gasteiger partial charge in [0.2, 0.25) is 14.1 Å². The van der Waals surface area contributed by atoms with E-state index in [2.05, 4.69) is 0 Å². The van der Waals surface area contributed by atoms with Crippen molar-refractivity contribution in [1.29, 1.82) is 0 Å². The van der Waals surface area contributed by atoms with Crippen molar-refractivity contribution in [3.8, 4) is 0 Å². The first-order valence-electron chi connectivity index (χ1n) is 8.49. The molecular weight excluding hydrogens is 464 g/mol. The maximum atomic E-state index is 14.3. The molecule has 0 aromatic rings. The Morgan fingerprint density at radius 1 is 0.733 bits per heavy atom. The van der Waals surface area contributed by atoms with Gasteiger partial charge in [0.1, 0.15) is 5.76 Å². The van der Waals surface area contributed by atoms with E-state index >= 15 is 0 Å². The van der Waals surface area contributed by atoms with Crippen LogP contribution in [0.15, 0.2) is 11.6 Å². The fraction of sp³-hybridized carbons (Fsp3) is 0.875. The highest BCUT2D eigenvalue weighted by Gasteiger charge is 2.88. The Hall–Kier alpha value is -1.08. The number of rotatable bonds is 8. The second-order valence-electron chi connectivity index (χ2n) is 8.14. The van der Waals surface area contributed by atoms with E-state index in [0.717, 1.165) is 0 Å². The SMILES string of the molecule is CCC/C(O[Si](C)(C)C(C)(C)C)=C(/F)C(F)(F)C(F)(F)C(F)(F)C(F)(F)C(F)(F)F. The lowest BCUT2D eigenvalue weighted by molar-refractivity contribution is -0.419. The molecule has 14 heteroatoms. The van der Waals surface area contributed by atoms with Crippen LogP contribution in [0.25, 0.3) is 0 Å². The zero-order valence-corrected chi connectivity index (χ0v) is 17.9. The Balaban J connectivity index is 6.63. The van der Waals surface area contributed by atoms with E-state index < -0.39 is 61.2 Å². The zero-order valence-electron chi connectivity index (χ0n) is 16.9. The summed E-state index contributed by atoms with van der Waals surface area (Å²) in [5.41, 5.74) is 0. The van der Waals surface area contributed by atoms with Gasteiger partial charge in [0, 0.05) is 6.42 Å². The lowest BCUT2D eigenvalue weighted by Crippen LogP contribution is -2.66. The Kier molecular flexibility index (Phi) is 7.82. The molecule has 0 aromatic heterocycles. The third-order valence-electron chi connectivity index (χ3n) is 4.72. The monoisotopic (exact) mass is 486 g/mol. The molecular formula is C16H22F12OSi. The van der Waals surface area contributed by atoms with Crippen LogP contribution < -0.4 is 0 Å². The van der Waals surface area contributed by atoms with Crippen molar-refractivity contribution in [1.82, 2.24) is 0 Å². The molecule has 0 heterocycles. The molecule has 0 aliphatic carbocycles. The van der Waals surface area contributed by atoms with Crippen molar-refractivity contribution in [2.45, 2.75) is 88.5 Å². The van der Waals surface area contributed by atoms with Crippen molar-refractivity contribution >= 4 is 8.32 Å². The molecule has 0 atom stereocenters. The van der Waals surface area contributed by atoms with Gasteiger partial charge in [0.05, 0.1) is 0 Å². The lowest BCUT2D eigenvalue weighted by Gasteiger charge is -2.39. The summed E-state index contributed by atoms with van der Waals surface area (Å²) in [5, 5.41) is -0.808. The van der Waals surface area contributed by atoms with Gasteiger partial charge in [0.15, 0.2) is 0 Å². The van der Waals surface area contributed by atoms with Crippen molar-refractivity contribution in [3.63, 3.8) is 0 Å². The van der Waals surface area contributed by atoms with Crippen molar-refractivity contribution in [3.05, 3.63) is 11.6 Å². The first kappa shape index (κ1) is 28.9. The van der Waals surface area contributed by atoms with Crippen LogP contribution in [-0.4, -0.2) is 38.2 Å². The van der Waals surface area contributed by atoms with Gasteiger partial charge < -0.3 is 4.43 Å². The minimum Gasteiger partial charge on any atom is -0.544 e. The van der Waals surface area contributed by atoms with E-state index in [1.54, 1.807) is 0 Å². The van der Waals surface area contributed by atoms with Crippen LogP contribution in [0.1, 0.15) is 40.5 Å². The van der Waals surface area contributed by atoms with E-state index in [1.165, 1.54) is 40.8 Å². The second kappa shape index (κ2) is 8.12. The van der Waals surface area contributed by atoms with E-state index in [-0.39, 0.29) is 6.42 Å². The number of allylic oxidation sites excluding steroid dienone is 2. The minimum atomic E-state index is -7.67. The summed E-state index contributed by atoms with van der Waals surface area (Å²) in [6, 6.07) is 0. The van der Waals surface area contributed by atoms with Crippen molar-refractivity contribution in [2.75, 3.05) is 0 Å². The predicted octanol–water partition coefficient (Wildman–Crippen LogP) is 8.09. The molecule has 0 saturated heterocycles. The molecule has 0 aliphatic heterocycles. The molecule has 180 valence electrons. The van der Waals surface area contributed by atoms with Crippen LogP contribution in [0, 0.1) is 0 Å². The summed E-state index contributed by atoms with van der Waals surface area (Å²) in [7, 11) is -3.21. The van der Waals surface area contributed by atoms with Gasteiger partial charge >= 0.3 is 29.9 Å².